The van der Waals surface area contributed by atoms with Crippen LogP contribution in [0.5, 0.6) is 0 Å². The fourth-order valence-electron chi connectivity index (χ4n) is 1.10. The zero-order chi connectivity index (χ0) is 10.5. The molecule has 2 rings (SSSR count). The first-order valence-corrected chi connectivity index (χ1v) is 4.45. The van der Waals surface area contributed by atoms with Crippen molar-refractivity contribution in [3.8, 4) is 17.5 Å². The Morgan fingerprint density at radius 3 is 2.87 bits per heavy atom. The van der Waals surface area contributed by atoms with Crippen molar-refractivity contribution in [1.29, 1.82) is 5.26 Å². The predicted molar refractivity (Wildman–Crippen MR) is 51.3 cm³/mol. The van der Waals surface area contributed by atoms with Gasteiger partial charge in [-0.2, -0.15) is 10.1 Å². The largest absolute Gasteiger partial charge is 0.265 e. The summed E-state index contributed by atoms with van der Waals surface area (Å²) < 4.78 is 0. The van der Waals surface area contributed by atoms with E-state index in [4.69, 9.17) is 5.26 Å². The topological polar surface area (TPSA) is 80.3 Å². The molecular formula is C9H8N6. The second-order valence-electron chi connectivity index (χ2n) is 2.85. The van der Waals surface area contributed by atoms with Crippen LogP contribution in [-0.2, 0) is 6.54 Å². The van der Waals surface area contributed by atoms with E-state index >= 15 is 0 Å². The number of aryl methyl sites for hydroxylation is 1. The fourth-order valence-corrected chi connectivity index (χ4v) is 1.10. The molecule has 6 nitrogen and oxygen atoms in total. The normalized spacial score (nSPS) is 9.80. The lowest BCUT2D eigenvalue weighted by molar-refractivity contribution is 0.531. The number of pyridine rings is 1. The number of nitriles is 1. The maximum absolute atomic E-state index is 8.40. The lowest BCUT2D eigenvalue weighted by atomic mass is 10.3. The number of hydrogen-bond donors (Lipinski definition) is 0. The smallest absolute Gasteiger partial charge is 0.205 e. The summed E-state index contributed by atoms with van der Waals surface area (Å²) in [5.41, 5.74) is 0.869. The second-order valence-corrected chi connectivity index (χ2v) is 2.85. The summed E-state index contributed by atoms with van der Waals surface area (Å²) in [7, 11) is 0. The van der Waals surface area contributed by atoms with Gasteiger partial charge < -0.3 is 0 Å². The molecule has 0 atom stereocenters. The lowest BCUT2D eigenvalue weighted by Gasteiger charge is -1.91. The van der Waals surface area contributed by atoms with Crippen molar-refractivity contribution in [2.45, 2.75) is 13.0 Å². The first-order valence-electron chi connectivity index (χ1n) is 4.45. The third-order valence-electron chi connectivity index (χ3n) is 1.81. The summed E-state index contributed by atoms with van der Waals surface area (Å²) in [5.74, 6) is 0.551. The highest BCUT2D eigenvalue weighted by Crippen LogP contribution is 2.10. The van der Waals surface area contributed by atoms with E-state index < -0.39 is 0 Å². The van der Waals surface area contributed by atoms with Crippen molar-refractivity contribution in [1.82, 2.24) is 25.2 Å². The Bertz CT molecular complexity index is 469. The van der Waals surface area contributed by atoms with Crippen LogP contribution in [0.1, 0.15) is 6.42 Å². The highest BCUT2D eigenvalue weighted by molar-refractivity contribution is 5.51. The molecule has 0 radical (unpaired) electrons. The van der Waals surface area contributed by atoms with Gasteiger partial charge in [-0.15, -0.1) is 10.2 Å². The molecule has 0 amide bonds. The average molecular weight is 200 g/mol. The van der Waals surface area contributed by atoms with E-state index in [1.165, 1.54) is 4.80 Å². The molecule has 0 fully saturated rings. The van der Waals surface area contributed by atoms with Gasteiger partial charge in [0.1, 0.15) is 0 Å². The standard InChI is InChI=1S/C9H8N6/c10-4-1-7-15-13-9(12-14-15)8-2-5-11-6-3-8/h2-3,5-6H,1,7H2. The van der Waals surface area contributed by atoms with Crippen LogP contribution in [0.4, 0.5) is 0 Å². The minimum atomic E-state index is 0.381. The summed E-state index contributed by atoms with van der Waals surface area (Å²) >= 11 is 0. The van der Waals surface area contributed by atoms with Gasteiger partial charge in [0.15, 0.2) is 0 Å². The SMILES string of the molecule is N#CCCn1nnc(-c2ccncc2)n1. The molecule has 0 saturated carbocycles. The van der Waals surface area contributed by atoms with Crippen molar-refractivity contribution >= 4 is 0 Å². The van der Waals surface area contributed by atoms with Crippen LogP contribution in [0, 0.1) is 11.3 Å². The molecule has 2 aromatic rings. The molecule has 0 aliphatic heterocycles. The number of aromatic nitrogens is 5. The van der Waals surface area contributed by atoms with E-state index in [-0.39, 0.29) is 0 Å². The van der Waals surface area contributed by atoms with E-state index in [0.717, 1.165) is 5.56 Å². The highest BCUT2D eigenvalue weighted by atomic mass is 15.6. The zero-order valence-corrected chi connectivity index (χ0v) is 7.91. The number of tetrazole rings is 1. The number of rotatable bonds is 3. The van der Waals surface area contributed by atoms with Gasteiger partial charge in [0, 0.05) is 18.0 Å². The summed E-state index contributed by atoms with van der Waals surface area (Å²) in [4.78, 5) is 5.32. The van der Waals surface area contributed by atoms with Gasteiger partial charge >= 0.3 is 0 Å². The van der Waals surface area contributed by atoms with Crippen LogP contribution in [0.3, 0.4) is 0 Å². The van der Waals surface area contributed by atoms with Crippen LogP contribution >= 0.6 is 0 Å². The first-order chi connectivity index (χ1) is 7.40. The third kappa shape index (κ3) is 2.14. The van der Waals surface area contributed by atoms with E-state index in [1.807, 2.05) is 18.2 Å². The quantitative estimate of drug-likeness (QED) is 0.726. The van der Waals surface area contributed by atoms with Crippen LogP contribution in [0.15, 0.2) is 24.5 Å². The summed E-state index contributed by atoms with van der Waals surface area (Å²) in [5, 5.41) is 20.3. The molecule has 15 heavy (non-hydrogen) atoms. The maximum Gasteiger partial charge on any atom is 0.205 e. The van der Waals surface area contributed by atoms with E-state index in [1.54, 1.807) is 12.4 Å². The van der Waals surface area contributed by atoms with Crippen molar-refractivity contribution in [3.05, 3.63) is 24.5 Å². The molecule has 0 bridgehead atoms. The van der Waals surface area contributed by atoms with E-state index in [2.05, 4.69) is 20.4 Å². The van der Waals surface area contributed by atoms with Gasteiger partial charge in [0.05, 0.1) is 19.0 Å². The molecule has 0 aromatic carbocycles. The Kier molecular flexibility index (Phi) is 2.65. The molecule has 2 heterocycles. The molecule has 74 valence electrons. The molecule has 0 aliphatic rings. The van der Waals surface area contributed by atoms with Crippen molar-refractivity contribution < 1.29 is 0 Å². The van der Waals surface area contributed by atoms with Gasteiger partial charge in [-0.1, -0.05) is 0 Å². The minimum absolute atomic E-state index is 0.381. The predicted octanol–water partition coefficient (Wildman–Crippen LogP) is 0.649. The van der Waals surface area contributed by atoms with E-state index in [9.17, 15) is 0 Å². The summed E-state index contributed by atoms with van der Waals surface area (Å²) in [6.07, 6.45) is 3.72. The van der Waals surface area contributed by atoms with Crippen molar-refractivity contribution in [2.75, 3.05) is 0 Å². The van der Waals surface area contributed by atoms with Crippen molar-refractivity contribution in [2.24, 2.45) is 0 Å². The Balaban J connectivity index is 2.18. The van der Waals surface area contributed by atoms with Crippen molar-refractivity contribution in [3.63, 3.8) is 0 Å². The molecule has 2 aromatic heterocycles. The van der Waals surface area contributed by atoms with Crippen LogP contribution < -0.4 is 0 Å². The second kappa shape index (κ2) is 4.28. The number of nitrogens with zero attached hydrogens (tertiary/aromatic N) is 6. The average Bonchev–Trinajstić information content (AvgIpc) is 2.76. The van der Waals surface area contributed by atoms with Crippen LogP contribution in [0.2, 0.25) is 0 Å². The van der Waals surface area contributed by atoms with E-state index in [0.29, 0.717) is 18.8 Å². The molecule has 0 N–H and O–H groups in total. The van der Waals surface area contributed by atoms with Crippen LogP contribution in [0.25, 0.3) is 11.4 Å². The van der Waals surface area contributed by atoms with Gasteiger partial charge in [0.25, 0.3) is 0 Å². The monoisotopic (exact) mass is 200 g/mol. The van der Waals surface area contributed by atoms with Crippen LogP contribution in [-0.4, -0.2) is 25.2 Å². The Labute approximate surface area is 86.2 Å². The lowest BCUT2D eigenvalue weighted by Crippen LogP contribution is -2.01. The first kappa shape index (κ1) is 9.27. The van der Waals surface area contributed by atoms with Gasteiger partial charge in [-0.05, 0) is 17.3 Å². The van der Waals surface area contributed by atoms with Gasteiger partial charge in [-0.25, -0.2) is 0 Å². The minimum Gasteiger partial charge on any atom is -0.265 e. The third-order valence-corrected chi connectivity index (χ3v) is 1.81. The Morgan fingerprint density at radius 1 is 1.33 bits per heavy atom. The number of hydrogen-bond acceptors (Lipinski definition) is 5. The zero-order valence-electron chi connectivity index (χ0n) is 7.91. The summed E-state index contributed by atoms with van der Waals surface area (Å²) in [6, 6.07) is 5.65. The molecular weight excluding hydrogens is 192 g/mol. The summed E-state index contributed by atoms with van der Waals surface area (Å²) in [6.45, 7) is 0.467. The molecule has 6 heteroatoms. The molecule has 0 aliphatic carbocycles. The van der Waals surface area contributed by atoms with Gasteiger partial charge in [0.2, 0.25) is 5.82 Å². The maximum atomic E-state index is 8.40. The molecule has 0 saturated heterocycles. The highest BCUT2D eigenvalue weighted by Gasteiger charge is 2.04. The Hall–Kier alpha value is -2.29. The molecule has 0 spiro atoms. The van der Waals surface area contributed by atoms with Gasteiger partial charge in [-0.3, -0.25) is 4.98 Å². The fraction of sp³-hybridized carbons (Fsp3) is 0.222. The Morgan fingerprint density at radius 2 is 2.13 bits per heavy atom. The molecule has 0 unspecified atom stereocenters.